The van der Waals surface area contributed by atoms with Crippen LogP contribution in [0, 0.1) is 0 Å². The Bertz CT molecular complexity index is 998. The second-order valence-electron chi connectivity index (χ2n) is 6.11. The van der Waals surface area contributed by atoms with E-state index in [4.69, 9.17) is 4.74 Å². The maximum Gasteiger partial charge on any atom is 0.244 e. The summed E-state index contributed by atoms with van der Waals surface area (Å²) < 4.78 is 35.5. The van der Waals surface area contributed by atoms with Crippen LogP contribution >= 0.6 is 0 Å². The standard InChI is InChI=1S/C19H19N3O3S/c1-25-16-6-8-17(9-7-16)26(23,24)22-13-12-21-11-3-5-18(21)19(22)15-4-2-10-20-14-15/h2-11,14,19H,12-13H2,1H3. The number of methoxy groups -OCH3 is 1. The van der Waals surface area contributed by atoms with Gasteiger partial charge < -0.3 is 9.30 Å². The Morgan fingerprint density at radius 2 is 1.88 bits per heavy atom. The van der Waals surface area contributed by atoms with Gasteiger partial charge in [0.25, 0.3) is 0 Å². The van der Waals surface area contributed by atoms with Crippen LogP contribution in [0.15, 0.2) is 72.0 Å². The molecule has 1 unspecified atom stereocenters. The molecule has 0 saturated carbocycles. The zero-order chi connectivity index (χ0) is 18.1. The van der Waals surface area contributed by atoms with E-state index in [9.17, 15) is 8.42 Å². The van der Waals surface area contributed by atoms with Crippen LogP contribution in [0.2, 0.25) is 0 Å². The number of fused-ring (bicyclic) bond motifs is 1. The van der Waals surface area contributed by atoms with Crippen LogP contribution in [-0.2, 0) is 16.6 Å². The van der Waals surface area contributed by atoms with Crippen molar-refractivity contribution >= 4 is 10.0 Å². The van der Waals surface area contributed by atoms with Crippen molar-refractivity contribution in [1.29, 1.82) is 0 Å². The van der Waals surface area contributed by atoms with Gasteiger partial charge in [-0.05, 0) is 48.0 Å². The summed E-state index contributed by atoms with van der Waals surface area (Å²) in [6, 6.07) is 13.8. The Kier molecular flexibility index (Phi) is 4.26. The third-order valence-electron chi connectivity index (χ3n) is 4.66. The summed E-state index contributed by atoms with van der Waals surface area (Å²) in [4.78, 5) is 4.44. The number of ether oxygens (including phenoxy) is 1. The van der Waals surface area contributed by atoms with Crippen LogP contribution in [0.1, 0.15) is 17.3 Å². The Morgan fingerprint density at radius 3 is 2.58 bits per heavy atom. The summed E-state index contributed by atoms with van der Waals surface area (Å²) in [5.74, 6) is 0.625. The van der Waals surface area contributed by atoms with E-state index in [1.54, 1.807) is 48.1 Å². The molecular formula is C19H19N3O3S. The molecule has 0 aliphatic carbocycles. The first kappa shape index (κ1) is 16.8. The van der Waals surface area contributed by atoms with E-state index >= 15 is 0 Å². The Morgan fingerprint density at radius 1 is 1.08 bits per heavy atom. The fraction of sp³-hybridized carbons (Fsp3) is 0.211. The second-order valence-corrected chi connectivity index (χ2v) is 8.00. The number of pyridine rings is 1. The van der Waals surface area contributed by atoms with Crippen molar-refractivity contribution in [3.63, 3.8) is 0 Å². The SMILES string of the molecule is COc1ccc(S(=O)(=O)N2CCn3cccc3C2c2cccnc2)cc1. The predicted octanol–water partition coefficient (Wildman–Crippen LogP) is 2.69. The lowest BCUT2D eigenvalue weighted by atomic mass is 10.0. The summed E-state index contributed by atoms with van der Waals surface area (Å²) in [5.41, 5.74) is 1.80. The summed E-state index contributed by atoms with van der Waals surface area (Å²) in [6.07, 6.45) is 5.40. The molecule has 6 nitrogen and oxygen atoms in total. The minimum Gasteiger partial charge on any atom is -0.497 e. The summed E-state index contributed by atoms with van der Waals surface area (Å²) in [5, 5.41) is 0. The molecule has 2 aromatic heterocycles. The first-order chi connectivity index (χ1) is 12.6. The predicted molar refractivity (Wildman–Crippen MR) is 97.4 cm³/mol. The molecule has 4 rings (SSSR count). The molecule has 0 radical (unpaired) electrons. The molecule has 3 aromatic rings. The molecule has 26 heavy (non-hydrogen) atoms. The summed E-state index contributed by atoms with van der Waals surface area (Å²) in [7, 11) is -2.11. The fourth-order valence-electron chi connectivity index (χ4n) is 3.38. The lowest BCUT2D eigenvalue weighted by Crippen LogP contribution is -2.42. The van der Waals surface area contributed by atoms with Gasteiger partial charge in [-0.25, -0.2) is 8.42 Å². The summed E-state index contributed by atoms with van der Waals surface area (Å²) in [6.45, 7) is 1.02. The largest absolute Gasteiger partial charge is 0.497 e. The molecule has 0 saturated heterocycles. The highest BCUT2D eigenvalue weighted by Crippen LogP contribution is 2.36. The molecule has 3 heterocycles. The van der Waals surface area contributed by atoms with Gasteiger partial charge in [-0.2, -0.15) is 4.31 Å². The maximum absolute atomic E-state index is 13.4. The zero-order valence-corrected chi connectivity index (χ0v) is 15.1. The van der Waals surface area contributed by atoms with Gasteiger partial charge in [-0.1, -0.05) is 6.07 Å². The molecule has 1 aliphatic heterocycles. The van der Waals surface area contributed by atoms with E-state index < -0.39 is 16.1 Å². The lowest BCUT2D eigenvalue weighted by molar-refractivity contribution is 0.298. The molecule has 0 fully saturated rings. The first-order valence-electron chi connectivity index (χ1n) is 8.32. The lowest BCUT2D eigenvalue weighted by Gasteiger charge is -2.36. The van der Waals surface area contributed by atoms with Gasteiger partial charge in [-0.15, -0.1) is 0 Å². The Labute approximate surface area is 152 Å². The third-order valence-corrected chi connectivity index (χ3v) is 6.54. The molecule has 1 aromatic carbocycles. The topological polar surface area (TPSA) is 64.4 Å². The van der Waals surface area contributed by atoms with E-state index in [2.05, 4.69) is 9.55 Å². The van der Waals surface area contributed by atoms with E-state index in [-0.39, 0.29) is 4.90 Å². The second kappa shape index (κ2) is 6.59. The number of aromatic nitrogens is 2. The zero-order valence-electron chi connectivity index (χ0n) is 14.3. The normalized spacial score (nSPS) is 17.7. The van der Waals surface area contributed by atoms with Gasteiger partial charge >= 0.3 is 0 Å². The Balaban J connectivity index is 1.81. The average molecular weight is 369 g/mol. The van der Waals surface area contributed by atoms with Crippen LogP contribution in [0.5, 0.6) is 5.75 Å². The van der Waals surface area contributed by atoms with Crippen molar-refractivity contribution in [3.8, 4) is 5.75 Å². The highest BCUT2D eigenvalue weighted by atomic mass is 32.2. The highest BCUT2D eigenvalue weighted by Gasteiger charge is 2.37. The number of rotatable bonds is 4. The van der Waals surface area contributed by atoms with Gasteiger partial charge in [0.1, 0.15) is 5.75 Å². The molecule has 134 valence electrons. The van der Waals surface area contributed by atoms with E-state index in [1.165, 1.54) is 0 Å². The van der Waals surface area contributed by atoms with Crippen LogP contribution in [0.3, 0.4) is 0 Å². The highest BCUT2D eigenvalue weighted by molar-refractivity contribution is 7.89. The van der Waals surface area contributed by atoms with Crippen molar-refractivity contribution in [2.75, 3.05) is 13.7 Å². The van der Waals surface area contributed by atoms with E-state index in [1.807, 2.05) is 30.5 Å². The number of hydrogen-bond acceptors (Lipinski definition) is 4. The van der Waals surface area contributed by atoms with Crippen molar-refractivity contribution in [1.82, 2.24) is 13.9 Å². The molecular weight excluding hydrogens is 350 g/mol. The fourth-order valence-corrected chi connectivity index (χ4v) is 4.96. The van der Waals surface area contributed by atoms with E-state index in [0.29, 0.717) is 18.8 Å². The van der Waals surface area contributed by atoms with Gasteiger partial charge in [0.15, 0.2) is 0 Å². The van der Waals surface area contributed by atoms with Gasteiger partial charge in [-0.3, -0.25) is 4.98 Å². The van der Waals surface area contributed by atoms with Crippen molar-refractivity contribution < 1.29 is 13.2 Å². The molecule has 7 heteroatoms. The third kappa shape index (κ3) is 2.79. The molecule has 0 N–H and O–H groups in total. The summed E-state index contributed by atoms with van der Waals surface area (Å²) >= 11 is 0. The molecule has 0 bridgehead atoms. The van der Waals surface area contributed by atoms with Crippen LogP contribution in [0.4, 0.5) is 0 Å². The van der Waals surface area contributed by atoms with Crippen LogP contribution < -0.4 is 4.74 Å². The van der Waals surface area contributed by atoms with Gasteiger partial charge in [0, 0.05) is 37.4 Å². The maximum atomic E-state index is 13.4. The van der Waals surface area contributed by atoms with E-state index in [0.717, 1.165) is 11.3 Å². The molecule has 0 amide bonds. The molecule has 1 atom stereocenters. The van der Waals surface area contributed by atoms with Gasteiger partial charge in [0.05, 0.1) is 18.0 Å². The molecule has 0 spiro atoms. The van der Waals surface area contributed by atoms with Crippen LogP contribution in [0.25, 0.3) is 0 Å². The number of nitrogens with zero attached hydrogens (tertiary/aromatic N) is 3. The average Bonchev–Trinajstić information content (AvgIpc) is 3.16. The smallest absolute Gasteiger partial charge is 0.244 e. The number of sulfonamides is 1. The van der Waals surface area contributed by atoms with Crippen molar-refractivity contribution in [2.45, 2.75) is 17.5 Å². The number of hydrogen-bond donors (Lipinski definition) is 0. The molecule has 1 aliphatic rings. The quantitative estimate of drug-likeness (QED) is 0.709. The Hall–Kier alpha value is -2.64. The number of benzene rings is 1. The van der Waals surface area contributed by atoms with Crippen molar-refractivity contribution in [2.24, 2.45) is 0 Å². The van der Waals surface area contributed by atoms with Crippen LogP contribution in [-0.4, -0.2) is 35.9 Å². The van der Waals surface area contributed by atoms with Crippen molar-refractivity contribution in [3.05, 3.63) is 78.4 Å². The van der Waals surface area contributed by atoms with Gasteiger partial charge in [0.2, 0.25) is 10.0 Å². The minimum absolute atomic E-state index is 0.257. The first-order valence-corrected chi connectivity index (χ1v) is 9.76. The minimum atomic E-state index is -3.67. The monoisotopic (exact) mass is 369 g/mol.